The molecule has 1 rings (SSSR count). The molecule has 0 aliphatic heterocycles. The molecule has 0 heterocycles. The number of rotatable bonds is 2. The fraction of sp³-hybridized carbons (Fsp3) is 0.857. The molecule has 0 nitrogen and oxygen atoms in total. The Balaban J connectivity index is 2.19. The van der Waals surface area contributed by atoms with Crippen molar-refractivity contribution in [3.8, 4) is 0 Å². The van der Waals surface area contributed by atoms with Gasteiger partial charge < -0.3 is 0 Å². The molecule has 1 saturated carbocycles. The second-order valence-corrected chi connectivity index (χ2v) is 10.2. The summed E-state index contributed by atoms with van der Waals surface area (Å²) in [6.45, 7) is 0. The molecule has 0 N–H and O–H groups in total. The molecular formula is C7H12Cl2RuS. The molecule has 0 radical (unpaired) electrons. The van der Waals surface area contributed by atoms with Gasteiger partial charge in [0, 0.05) is 0 Å². The molecule has 0 atom stereocenters. The summed E-state index contributed by atoms with van der Waals surface area (Å²) in [4.78, 5) is 0. The van der Waals surface area contributed by atoms with Crippen molar-refractivity contribution in [1.29, 1.82) is 0 Å². The van der Waals surface area contributed by atoms with Gasteiger partial charge >= 0.3 is 86.0 Å². The number of halogens is 2. The molecule has 0 aromatic heterocycles. The van der Waals surface area contributed by atoms with Gasteiger partial charge in [0.25, 0.3) is 0 Å². The van der Waals surface area contributed by atoms with Crippen LogP contribution in [0.4, 0.5) is 0 Å². The maximum atomic E-state index is 5.73. The standard InChI is InChI=1S/C7H12S.2ClH.Ru/c1-8-7-5-3-2-4-6-7;;;/h1,7H,2-6H2;2*1H;/q;;;+2/p-2. The van der Waals surface area contributed by atoms with Crippen molar-refractivity contribution in [2.24, 2.45) is 0 Å². The Labute approximate surface area is 85.5 Å². The fourth-order valence-electron chi connectivity index (χ4n) is 1.31. The van der Waals surface area contributed by atoms with Gasteiger partial charge in [0.15, 0.2) is 0 Å². The fourth-order valence-corrected chi connectivity index (χ4v) is 4.95. The van der Waals surface area contributed by atoms with Crippen LogP contribution in [0.1, 0.15) is 32.1 Å². The Morgan fingerprint density at radius 3 is 2.36 bits per heavy atom. The zero-order valence-electron chi connectivity index (χ0n) is 6.21. The van der Waals surface area contributed by atoms with E-state index in [1.807, 2.05) is 11.8 Å². The van der Waals surface area contributed by atoms with Crippen molar-refractivity contribution in [2.45, 2.75) is 37.4 Å². The average molecular weight is 300 g/mol. The summed E-state index contributed by atoms with van der Waals surface area (Å²) in [6, 6.07) is 0. The van der Waals surface area contributed by atoms with Crippen LogP contribution in [0.25, 0.3) is 0 Å². The molecule has 0 saturated heterocycles. The molecule has 1 fully saturated rings. The quantitative estimate of drug-likeness (QED) is 0.700. The first kappa shape index (κ1) is 10.5. The molecule has 4 heteroatoms. The second-order valence-electron chi connectivity index (χ2n) is 2.68. The third kappa shape index (κ3) is 4.88. The van der Waals surface area contributed by atoms with Gasteiger partial charge in [0.1, 0.15) is 0 Å². The average Bonchev–Trinajstić information content (AvgIpc) is 2.03. The van der Waals surface area contributed by atoms with Gasteiger partial charge in [-0.05, 0) is 0 Å². The van der Waals surface area contributed by atoms with Crippen molar-refractivity contribution in [3.05, 3.63) is 0 Å². The van der Waals surface area contributed by atoms with Gasteiger partial charge in [0.05, 0.1) is 0 Å². The molecule has 0 unspecified atom stereocenters. The van der Waals surface area contributed by atoms with Crippen molar-refractivity contribution < 1.29 is 13.5 Å². The molecule has 11 heavy (non-hydrogen) atoms. The molecule has 0 aromatic carbocycles. The van der Waals surface area contributed by atoms with Crippen LogP contribution in [0.5, 0.6) is 0 Å². The normalized spacial score (nSPS) is 21.5. The maximum absolute atomic E-state index is 5.73. The topological polar surface area (TPSA) is 0 Å². The first-order chi connectivity index (χ1) is 5.29. The summed E-state index contributed by atoms with van der Waals surface area (Å²) in [5, 5.41) is 0.817. The Morgan fingerprint density at radius 2 is 1.82 bits per heavy atom. The van der Waals surface area contributed by atoms with Crippen LogP contribution in [-0.4, -0.2) is 9.19 Å². The van der Waals surface area contributed by atoms with Crippen molar-refractivity contribution in [1.82, 2.24) is 0 Å². The van der Waals surface area contributed by atoms with Gasteiger partial charge in [0.2, 0.25) is 0 Å². The summed E-state index contributed by atoms with van der Waals surface area (Å²) in [7, 11) is 11.5. The SMILES string of the molecule is [Cl][Ru]([Cl])=[CH]SC1CCCCC1. The summed E-state index contributed by atoms with van der Waals surface area (Å²) >= 11 is 0.384. The van der Waals surface area contributed by atoms with Crippen LogP contribution < -0.4 is 0 Å². The van der Waals surface area contributed by atoms with Crippen LogP contribution in [0, 0.1) is 0 Å². The van der Waals surface area contributed by atoms with Crippen molar-refractivity contribution in [2.75, 3.05) is 0 Å². The number of thioether (sulfide) groups is 1. The van der Waals surface area contributed by atoms with E-state index in [9.17, 15) is 0 Å². The van der Waals surface area contributed by atoms with Crippen molar-refractivity contribution >= 4 is 35.1 Å². The van der Waals surface area contributed by atoms with E-state index in [1.165, 1.54) is 32.1 Å². The van der Waals surface area contributed by atoms with E-state index in [4.69, 9.17) is 19.4 Å². The van der Waals surface area contributed by atoms with Crippen LogP contribution in [-0.2, 0) is 13.5 Å². The van der Waals surface area contributed by atoms with Gasteiger partial charge in [-0.15, -0.1) is 0 Å². The predicted molar refractivity (Wildman–Crippen MR) is 52.2 cm³/mol. The minimum atomic E-state index is -1.50. The molecule has 1 aliphatic carbocycles. The van der Waals surface area contributed by atoms with Gasteiger partial charge in [-0.2, -0.15) is 0 Å². The first-order valence-electron chi connectivity index (χ1n) is 3.76. The van der Waals surface area contributed by atoms with E-state index in [2.05, 4.69) is 3.94 Å². The number of hydrogen-bond donors (Lipinski definition) is 0. The Morgan fingerprint density at radius 1 is 1.18 bits per heavy atom. The molecule has 0 aromatic rings. The Bertz CT molecular complexity index is 139. The van der Waals surface area contributed by atoms with Gasteiger partial charge in [-0.3, -0.25) is 0 Å². The molecule has 68 valence electrons. The summed E-state index contributed by atoms with van der Waals surface area (Å²) in [5.41, 5.74) is 0. The molecule has 0 amide bonds. The van der Waals surface area contributed by atoms with Gasteiger partial charge in [-0.25, -0.2) is 0 Å². The van der Waals surface area contributed by atoms with Crippen LogP contribution in [0.2, 0.25) is 0 Å². The minimum absolute atomic E-state index is 0.817. The van der Waals surface area contributed by atoms with E-state index < -0.39 is 13.5 Å². The van der Waals surface area contributed by atoms with Crippen molar-refractivity contribution in [3.63, 3.8) is 0 Å². The summed E-state index contributed by atoms with van der Waals surface area (Å²) in [5.74, 6) is 0. The zero-order valence-corrected chi connectivity index (χ0v) is 10.3. The zero-order chi connectivity index (χ0) is 8.10. The van der Waals surface area contributed by atoms with E-state index in [0.29, 0.717) is 0 Å². The number of hydrogen-bond acceptors (Lipinski definition) is 1. The Kier molecular flexibility index (Phi) is 5.70. The molecule has 0 spiro atoms. The molecule has 0 bridgehead atoms. The third-order valence-electron chi connectivity index (χ3n) is 1.86. The second kappa shape index (κ2) is 5.97. The van der Waals surface area contributed by atoms with E-state index in [1.54, 1.807) is 0 Å². The van der Waals surface area contributed by atoms with E-state index in [0.717, 1.165) is 5.25 Å². The molecule has 1 aliphatic rings. The van der Waals surface area contributed by atoms with Gasteiger partial charge in [-0.1, -0.05) is 0 Å². The van der Waals surface area contributed by atoms with E-state index >= 15 is 0 Å². The molecular weight excluding hydrogens is 288 g/mol. The monoisotopic (exact) mass is 300 g/mol. The summed E-state index contributed by atoms with van der Waals surface area (Å²) < 4.78 is 2.07. The Hall–Kier alpha value is 1.42. The van der Waals surface area contributed by atoms with Crippen LogP contribution >= 0.6 is 31.1 Å². The third-order valence-corrected chi connectivity index (χ3v) is 6.81. The van der Waals surface area contributed by atoms with E-state index in [-0.39, 0.29) is 0 Å². The summed E-state index contributed by atoms with van der Waals surface area (Å²) in [6.07, 6.45) is 6.92. The predicted octanol–water partition coefficient (Wildman–Crippen LogP) is 3.74. The van der Waals surface area contributed by atoms with Crippen LogP contribution in [0.3, 0.4) is 0 Å². The van der Waals surface area contributed by atoms with Crippen LogP contribution in [0.15, 0.2) is 0 Å². The first-order valence-corrected chi connectivity index (χ1v) is 10.2.